The largest absolute Gasteiger partial charge is 0.325 e. The fraction of sp³-hybridized carbons (Fsp3) is 0.136. The molecule has 1 aliphatic rings. The van der Waals surface area contributed by atoms with E-state index in [0.717, 1.165) is 5.56 Å². The Labute approximate surface area is 184 Å². The molecule has 0 atom stereocenters. The normalized spacial score (nSPS) is 15.5. The lowest BCUT2D eigenvalue weighted by Crippen LogP contribution is -2.29. The number of halogens is 1. The van der Waals surface area contributed by atoms with Gasteiger partial charge in [-0.05, 0) is 30.2 Å². The Hall–Kier alpha value is -2.41. The molecule has 0 aliphatic carbocycles. The van der Waals surface area contributed by atoms with Crippen LogP contribution in [0, 0.1) is 0 Å². The van der Waals surface area contributed by atoms with Gasteiger partial charge >= 0.3 is 0 Å². The van der Waals surface area contributed by atoms with Crippen molar-refractivity contribution in [2.75, 3.05) is 11.9 Å². The predicted octanol–water partition coefficient (Wildman–Crippen LogP) is 5.52. The molecule has 0 spiro atoms. The van der Waals surface area contributed by atoms with Crippen LogP contribution in [0.2, 0.25) is 5.02 Å². The van der Waals surface area contributed by atoms with Crippen LogP contribution in [-0.4, -0.2) is 27.6 Å². The maximum absolute atomic E-state index is 12.6. The van der Waals surface area contributed by atoms with Gasteiger partial charge in [0, 0.05) is 13.0 Å². The van der Waals surface area contributed by atoms with Crippen molar-refractivity contribution in [2.24, 2.45) is 0 Å². The van der Waals surface area contributed by atoms with Gasteiger partial charge in [0.05, 0.1) is 15.6 Å². The highest BCUT2D eigenvalue weighted by atomic mass is 35.5. The van der Waals surface area contributed by atoms with E-state index in [4.69, 9.17) is 23.8 Å². The van der Waals surface area contributed by atoms with Crippen molar-refractivity contribution >= 4 is 63.5 Å². The van der Waals surface area contributed by atoms with Gasteiger partial charge in [-0.2, -0.15) is 0 Å². The lowest BCUT2D eigenvalue weighted by Gasteiger charge is -2.14. The Morgan fingerprint density at radius 2 is 1.86 bits per heavy atom. The van der Waals surface area contributed by atoms with Gasteiger partial charge in [0.2, 0.25) is 5.91 Å². The molecular weight excluding hydrogens is 424 g/mol. The van der Waals surface area contributed by atoms with Crippen molar-refractivity contribution in [1.82, 2.24) is 4.90 Å². The van der Waals surface area contributed by atoms with Crippen molar-refractivity contribution in [3.05, 3.63) is 82.2 Å². The molecular formula is C22H19ClN2O2S2. The molecule has 0 radical (unpaired) electrons. The van der Waals surface area contributed by atoms with E-state index in [0.29, 0.717) is 32.9 Å². The number of nitrogens with one attached hydrogen (secondary N) is 1. The molecule has 0 saturated carbocycles. The molecule has 3 rings (SSSR count). The van der Waals surface area contributed by atoms with E-state index in [2.05, 4.69) is 5.32 Å². The Balaban J connectivity index is 1.50. The maximum atomic E-state index is 12.6. The second-order valence-electron chi connectivity index (χ2n) is 6.26. The van der Waals surface area contributed by atoms with E-state index >= 15 is 0 Å². The number of hydrogen-bond acceptors (Lipinski definition) is 4. The standard InChI is InChI=1S/C22H19ClN2O2S2/c23-17-11-4-5-12-18(17)24-20(26)14-7-15-25-21(27)19(29-22(25)28)13-6-10-16-8-2-1-3-9-16/h1-6,8-13H,7,14-15H2,(H,24,26)/b10-6+,19-13-. The summed E-state index contributed by atoms with van der Waals surface area (Å²) in [5, 5.41) is 3.27. The van der Waals surface area contributed by atoms with E-state index in [1.165, 1.54) is 11.8 Å². The molecule has 29 heavy (non-hydrogen) atoms. The Kier molecular flexibility index (Phi) is 7.63. The zero-order valence-corrected chi connectivity index (χ0v) is 17.9. The molecule has 1 heterocycles. The Morgan fingerprint density at radius 3 is 2.62 bits per heavy atom. The van der Waals surface area contributed by atoms with Crippen LogP contribution >= 0.6 is 35.6 Å². The first-order valence-corrected chi connectivity index (χ1v) is 10.7. The van der Waals surface area contributed by atoms with Crippen LogP contribution in [0.3, 0.4) is 0 Å². The maximum Gasteiger partial charge on any atom is 0.266 e. The molecule has 7 heteroatoms. The van der Waals surface area contributed by atoms with Gasteiger partial charge in [-0.1, -0.05) is 90.2 Å². The molecule has 0 unspecified atom stereocenters. The minimum atomic E-state index is -0.148. The first-order valence-electron chi connectivity index (χ1n) is 9.06. The van der Waals surface area contributed by atoms with Gasteiger partial charge in [0.1, 0.15) is 4.32 Å². The summed E-state index contributed by atoms with van der Waals surface area (Å²) < 4.78 is 0.515. The van der Waals surface area contributed by atoms with Crippen LogP contribution in [-0.2, 0) is 9.59 Å². The third kappa shape index (κ3) is 6.03. The lowest BCUT2D eigenvalue weighted by atomic mass is 10.2. The summed E-state index contributed by atoms with van der Waals surface area (Å²) in [6, 6.07) is 16.9. The molecule has 2 amide bonds. The monoisotopic (exact) mass is 442 g/mol. The van der Waals surface area contributed by atoms with E-state index in [1.807, 2.05) is 42.5 Å². The second-order valence-corrected chi connectivity index (χ2v) is 8.34. The fourth-order valence-corrected chi connectivity index (χ4v) is 4.13. The number of nitrogens with zero attached hydrogens (tertiary/aromatic N) is 1. The summed E-state index contributed by atoms with van der Waals surface area (Å²) >= 11 is 12.6. The highest BCUT2D eigenvalue weighted by molar-refractivity contribution is 8.26. The number of para-hydroxylation sites is 1. The Morgan fingerprint density at radius 1 is 1.14 bits per heavy atom. The number of carbonyl (C=O) groups is 2. The number of thiocarbonyl (C=S) groups is 1. The van der Waals surface area contributed by atoms with Gasteiger partial charge in [-0.3, -0.25) is 14.5 Å². The molecule has 4 nitrogen and oxygen atoms in total. The number of rotatable bonds is 7. The number of anilines is 1. The van der Waals surface area contributed by atoms with Crippen molar-refractivity contribution in [1.29, 1.82) is 0 Å². The highest BCUT2D eigenvalue weighted by Crippen LogP contribution is 2.31. The number of thioether (sulfide) groups is 1. The molecule has 1 fully saturated rings. The third-order valence-electron chi connectivity index (χ3n) is 4.14. The third-order valence-corrected chi connectivity index (χ3v) is 5.87. The minimum absolute atomic E-state index is 0.121. The molecule has 1 aliphatic heterocycles. The SMILES string of the molecule is O=C(CCCN1C(=O)/C(=C/C=C/c2ccccc2)SC1=S)Nc1ccccc1Cl. The smallest absolute Gasteiger partial charge is 0.266 e. The van der Waals surface area contributed by atoms with Crippen molar-refractivity contribution in [2.45, 2.75) is 12.8 Å². The summed E-state index contributed by atoms with van der Waals surface area (Å²) in [6.07, 6.45) is 6.34. The topological polar surface area (TPSA) is 49.4 Å². The number of hydrogen-bond donors (Lipinski definition) is 1. The van der Waals surface area contributed by atoms with Crippen LogP contribution in [0.4, 0.5) is 5.69 Å². The van der Waals surface area contributed by atoms with Crippen molar-refractivity contribution in [3.63, 3.8) is 0 Å². The molecule has 148 valence electrons. The molecule has 1 saturated heterocycles. The summed E-state index contributed by atoms with van der Waals surface area (Å²) in [5.74, 6) is -0.269. The van der Waals surface area contributed by atoms with Crippen LogP contribution in [0.5, 0.6) is 0 Å². The number of allylic oxidation sites excluding steroid dienone is 2. The van der Waals surface area contributed by atoms with E-state index < -0.39 is 0 Å². The molecule has 2 aromatic rings. The van der Waals surface area contributed by atoms with Crippen molar-refractivity contribution < 1.29 is 9.59 Å². The fourth-order valence-electron chi connectivity index (χ4n) is 2.69. The first-order chi connectivity index (χ1) is 14.0. The predicted molar refractivity (Wildman–Crippen MR) is 125 cm³/mol. The zero-order valence-electron chi connectivity index (χ0n) is 15.5. The summed E-state index contributed by atoms with van der Waals surface area (Å²) in [4.78, 5) is 26.8. The van der Waals surface area contributed by atoms with E-state index in [1.54, 1.807) is 35.2 Å². The zero-order chi connectivity index (χ0) is 20.6. The van der Waals surface area contributed by atoms with Gasteiger partial charge in [-0.25, -0.2) is 0 Å². The molecule has 0 aromatic heterocycles. The van der Waals surface area contributed by atoms with Gasteiger partial charge in [0.15, 0.2) is 0 Å². The van der Waals surface area contributed by atoms with Crippen LogP contribution in [0.1, 0.15) is 18.4 Å². The molecule has 0 bridgehead atoms. The summed E-state index contributed by atoms with van der Waals surface area (Å²) in [6.45, 7) is 0.403. The summed E-state index contributed by atoms with van der Waals surface area (Å²) in [7, 11) is 0. The first kappa shape index (κ1) is 21.3. The number of benzene rings is 2. The van der Waals surface area contributed by atoms with Crippen LogP contribution in [0.15, 0.2) is 71.7 Å². The van der Waals surface area contributed by atoms with Crippen LogP contribution < -0.4 is 5.32 Å². The van der Waals surface area contributed by atoms with Gasteiger partial charge < -0.3 is 5.32 Å². The average Bonchev–Trinajstić information content (AvgIpc) is 2.98. The number of carbonyl (C=O) groups excluding carboxylic acids is 2. The second kappa shape index (κ2) is 10.4. The number of amides is 2. The van der Waals surface area contributed by atoms with Crippen molar-refractivity contribution in [3.8, 4) is 0 Å². The van der Waals surface area contributed by atoms with Gasteiger partial charge in [-0.15, -0.1) is 0 Å². The average molecular weight is 443 g/mol. The minimum Gasteiger partial charge on any atom is -0.325 e. The molecule has 1 N–H and O–H groups in total. The Bertz CT molecular complexity index is 974. The molecule has 2 aromatic carbocycles. The highest BCUT2D eigenvalue weighted by Gasteiger charge is 2.31. The lowest BCUT2D eigenvalue weighted by molar-refractivity contribution is -0.122. The quantitative estimate of drug-likeness (QED) is 0.453. The van der Waals surface area contributed by atoms with Crippen LogP contribution in [0.25, 0.3) is 6.08 Å². The van der Waals surface area contributed by atoms with E-state index in [9.17, 15) is 9.59 Å². The summed E-state index contributed by atoms with van der Waals surface area (Å²) in [5.41, 5.74) is 1.64. The van der Waals surface area contributed by atoms with Gasteiger partial charge in [0.25, 0.3) is 5.91 Å². The van der Waals surface area contributed by atoms with E-state index in [-0.39, 0.29) is 18.2 Å².